The van der Waals surface area contributed by atoms with Crippen LogP contribution in [-0.2, 0) is 11.3 Å². The largest absolute Gasteiger partial charge is 0.366 e. The van der Waals surface area contributed by atoms with Crippen molar-refractivity contribution < 1.29 is 14.5 Å². The minimum atomic E-state index is -0.744. The number of nitro groups is 1. The zero-order valence-electron chi connectivity index (χ0n) is 13.6. The van der Waals surface area contributed by atoms with Crippen LogP contribution in [0.1, 0.15) is 22.2 Å². The number of carbonyl (C=O) groups excluding carboxylic acids is 2. The summed E-state index contributed by atoms with van der Waals surface area (Å²) < 4.78 is 0. The van der Waals surface area contributed by atoms with Crippen LogP contribution in [0.3, 0.4) is 0 Å². The molecule has 0 aliphatic carbocycles. The Kier molecular flexibility index (Phi) is 6.07. The first-order valence-electron chi connectivity index (χ1n) is 7.54. The number of primary amides is 1. The lowest BCUT2D eigenvalue weighted by molar-refractivity contribution is -0.384. The van der Waals surface area contributed by atoms with Gasteiger partial charge in [0.15, 0.2) is 0 Å². The van der Waals surface area contributed by atoms with Crippen molar-refractivity contribution in [1.29, 1.82) is 0 Å². The summed E-state index contributed by atoms with van der Waals surface area (Å²) in [5.74, 6) is -0.991. The molecular weight excluding hydrogens is 344 g/mol. The molecule has 2 aromatic rings. The molecule has 8 nitrogen and oxygen atoms in total. The van der Waals surface area contributed by atoms with Crippen molar-refractivity contribution in [3.63, 3.8) is 0 Å². The van der Waals surface area contributed by atoms with E-state index in [1.165, 1.54) is 23.5 Å². The number of hydrogen-bond acceptors (Lipinski definition) is 6. The molecule has 0 spiro atoms. The molecule has 132 valence electrons. The molecule has 0 atom stereocenters. The number of nitro benzene ring substituents is 1. The smallest absolute Gasteiger partial charge is 0.293 e. The molecule has 0 fully saturated rings. The van der Waals surface area contributed by atoms with Crippen LogP contribution >= 0.6 is 11.3 Å². The number of amides is 2. The van der Waals surface area contributed by atoms with Crippen LogP contribution in [0.5, 0.6) is 0 Å². The van der Waals surface area contributed by atoms with Crippen molar-refractivity contribution in [1.82, 2.24) is 5.32 Å². The summed E-state index contributed by atoms with van der Waals surface area (Å²) in [4.78, 5) is 36.7. The van der Waals surface area contributed by atoms with Crippen LogP contribution < -0.4 is 16.0 Å². The van der Waals surface area contributed by atoms with Gasteiger partial charge in [0.25, 0.3) is 5.69 Å². The van der Waals surface area contributed by atoms with Gasteiger partial charge < -0.3 is 16.0 Å². The number of nitrogens with two attached hydrogens (primary N) is 1. The molecule has 0 saturated carbocycles. The third-order valence-corrected chi connectivity index (χ3v) is 4.43. The van der Waals surface area contributed by atoms with Gasteiger partial charge in [0.05, 0.1) is 18.0 Å². The van der Waals surface area contributed by atoms with Crippen molar-refractivity contribution in [2.45, 2.75) is 13.5 Å². The zero-order valence-corrected chi connectivity index (χ0v) is 14.4. The fourth-order valence-electron chi connectivity index (χ4n) is 2.29. The number of hydrogen-bond donors (Lipinski definition) is 2. The van der Waals surface area contributed by atoms with Gasteiger partial charge in [-0.2, -0.15) is 0 Å². The fraction of sp³-hybridized carbons (Fsp3) is 0.250. The number of anilines is 1. The SMILES string of the molecule is CCN(CC(=O)NCc1cccs1)c1ccc(C(N)=O)cc1[N+](=O)[O-]. The Morgan fingerprint density at radius 1 is 1.36 bits per heavy atom. The van der Waals surface area contributed by atoms with E-state index in [-0.39, 0.29) is 29.4 Å². The second-order valence-electron chi connectivity index (χ2n) is 5.20. The Labute approximate surface area is 148 Å². The summed E-state index contributed by atoms with van der Waals surface area (Å²) in [7, 11) is 0. The summed E-state index contributed by atoms with van der Waals surface area (Å²) in [6.07, 6.45) is 0. The molecule has 1 aromatic carbocycles. The van der Waals surface area contributed by atoms with Gasteiger partial charge in [0.2, 0.25) is 11.8 Å². The number of carbonyl (C=O) groups is 2. The maximum absolute atomic E-state index is 12.1. The van der Waals surface area contributed by atoms with Crippen molar-refractivity contribution in [2.75, 3.05) is 18.0 Å². The summed E-state index contributed by atoms with van der Waals surface area (Å²) in [6.45, 7) is 2.57. The topological polar surface area (TPSA) is 119 Å². The average molecular weight is 362 g/mol. The third kappa shape index (κ3) is 4.77. The van der Waals surface area contributed by atoms with E-state index in [4.69, 9.17) is 5.73 Å². The van der Waals surface area contributed by atoms with Gasteiger partial charge in [-0.25, -0.2) is 0 Å². The predicted molar refractivity (Wildman–Crippen MR) is 95.7 cm³/mol. The summed E-state index contributed by atoms with van der Waals surface area (Å²) in [5.41, 5.74) is 5.23. The first-order valence-corrected chi connectivity index (χ1v) is 8.42. The highest BCUT2D eigenvalue weighted by atomic mass is 32.1. The van der Waals surface area contributed by atoms with Crippen LogP contribution in [0.2, 0.25) is 0 Å². The minimum absolute atomic E-state index is 0.0291. The average Bonchev–Trinajstić information content (AvgIpc) is 3.10. The molecule has 0 aliphatic rings. The highest BCUT2D eigenvalue weighted by Gasteiger charge is 2.22. The summed E-state index contributed by atoms with van der Waals surface area (Å²) in [6, 6.07) is 7.79. The standard InChI is InChI=1S/C16H18N4O4S/c1-2-19(10-15(21)18-9-12-4-3-7-25-12)13-6-5-11(16(17)22)8-14(13)20(23)24/h3-8H,2,9-10H2,1H3,(H2,17,22)(H,18,21). The highest BCUT2D eigenvalue weighted by Crippen LogP contribution is 2.29. The van der Waals surface area contributed by atoms with Gasteiger partial charge in [-0.3, -0.25) is 19.7 Å². The second kappa shape index (κ2) is 8.25. The number of nitrogens with zero attached hydrogens (tertiary/aromatic N) is 2. The first-order chi connectivity index (χ1) is 11.9. The van der Waals surface area contributed by atoms with Gasteiger partial charge in [-0.05, 0) is 30.5 Å². The Morgan fingerprint density at radius 2 is 2.12 bits per heavy atom. The molecule has 1 aromatic heterocycles. The third-order valence-electron chi connectivity index (χ3n) is 3.55. The number of benzene rings is 1. The molecule has 25 heavy (non-hydrogen) atoms. The van der Waals surface area contributed by atoms with E-state index in [1.807, 2.05) is 17.5 Å². The Hall–Kier alpha value is -2.94. The van der Waals surface area contributed by atoms with E-state index in [0.717, 1.165) is 10.9 Å². The summed E-state index contributed by atoms with van der Waals surface area (Å²) >= 11 is 1.54. The van der Waals surface area contributed by atoms with Crippen molar-refractivity contribution in [3.05, 3.63) is 56.3 Å². The van der Waals surface area contributed by atoms with Crippen LogP contribution in [0.25, 0.3) is 0 Å². The first kappa shape index (κ1) is 18.4. The van der Waals surface area contributed by atoms with E-state index < -0.39 is 10.8 Å². The monoisotopic (exact) mass is 362 g/mol. The van der Waals surface area contributed by atoms with Crippen molar-refractivity contribution in [2.24, 2.45) is 5.73 Å². The van der Waals surface area contributed by atoms with Crippen molar-refractivity contribution >= 4 is 34.5 Å². The molecule has 0 unspecified atom stereocenters. The molecular formula is C16H18N4O4S. The van der Waals surface area contributed by atoms with Crippen LogP contribution in [-0.4, -0.2) is 29.8 Å². The molecule has 0 bridgehead atoms. The molecule has 3 N–H and O–H groups in total. The van der Waals surface area contributed by atoms with E-state index in [1.54, 1.807) is 11.8 Å². The normalized spacial score (nSPS) is 10.3. The van der Waals surface area contributed by atoms with Crippen LogP contribution in [0.15, 0.2) is 35.7 Å². The summed E-state index contributed by atoms with van der Waals surface area (Å²) in [5, 5.41) is 16.0. The lowest BCUT2D eigenvalue weighted by atomic mass is 10.1. The fourth-order valence-corrected chi connectivity index (χ4v) is 2.93. The van der Waals surface area contributed by atoms with Gasteiger partial charge in [0.1, 0.15) is 5.69 Å². The molecule has 1 heterocycles. The van der Waals surface area contributed by atoms with Gasteiger partial charge in [-0.15, -0.1) is 11.3 Å². The van der Waals surface area contributed by atoms with E-state index in [2.05, 4.69) is 5.32 Å². The maximum Gasteiger partial charge on any atom is 0.293 e. The molecule has 0 aliphatic heterocycles. The molecule has 9 heteroatoms. The molecule has 0 radical (unpaired) electrons. The molecule has 0 saturated heterocycles. The van der Waals surface area contributed by atoms with Crippen LogP contribution in [0, 0.1) is 10.1 Å². The van der Waals surface area contributed by atoms with E-state index >= 15 is 0 Å². The van der Waals surface area contributed by atoms with Gasteiger partial charge in [0, 0.05) is 23.1 Å². The molecule has 2 rings (SSSR count). The zero-order chi connectivity index (χ0) is 18.4. The lowest BCUT2D eigenvalue weighted by Crippen LogP contribution is -2.37. The van der Waals surface area contributed by atoms with Gasteiger partial charge in [-0.1, -0.05) is 6.07 Å². The van der Waals surface area contributed by atoms with E-state index in [9.17, 15) is 19.7 Å². The van der Waals surface area contributed by atoms with E-state index in [0.29, 0.717) is 13.1 Å². The maximum atomic E-state index is 12.1. The minimum Gasteiger partial charge on any atom is -0.366 e. The van der Waals surface area contributed by atoms with Crippen LogP contribution in [0.4, 0.5) is 11.4 Å². The number of likely N-dealkylation sites (N-methyl/N-ethyl adjacent to an activating group) is 1. The Morgan fingerprint density at radius 3 is 2.68 bits per heavy atom. The molecule has 2 amide bonds. The lowest BCUT2D eigenvalue weighted by Gasteiger charge is -2.22. The van der Waals surface area contributed by atoms with Crippen molar-refractivity contribution in [3.8, 4) is 0 Å². The Balaban J connectivity index is 2.14. The highest BCUT2D eigenvalue weighted by molar-refractivity contribution is 7.09. The number of rotatable bonds is 8. The Bertz CT molecular complexity index is 776. The quantitative estimate of drug-likeness (QED) is 0.549. The predicted octanol–water partition coefficient (Wildman–Crippen LogP) is 1.90. The number of thiophene rings is 1. The number of nitrogens with one attached hydrogen (secondary N) is 1. The second-order valence-corrected chi connectivity index (χ2v) is 6.23. The van der Waals surface area contributed by atoms with Gasteiger partial charge >= 0.3 is 0 Å².